The average Bonchev–Trinajstić information content (AvgIpc) is 3.19. The number of benzene rings is 1. The van der Waals surface area contributed by atoms with Gasteiger partial charge in [0.2, 0.25) is 0 Å². The number of nitrogens with zero attached hydrogens (tertiary/aromatic N) is 2. The summed E-state index contributed by atoms with van der Waals surface area (Å²) >= 11 is 0. The fourth-order valence-corrected chi connectivity index (χ4v) is 2.22. The third kappa shape index (κ3) is 3.43. The number of amides is 1. The van der Waals surface area contributed by atoms with Crippen molar-refractivity contribution in [3.8, 4) is 11.3 Å². The number of carbonyl (C=O) groups excluding carboxylic acids is 1. The standard InChI is InChI=1S/C18H18N4O2/c1-11-4-6-14(8-12(11)2)16-9-17(21-20-16)18(23)22-19-10-15-7-5-13(3)24-15/h4-10H,1-3H3,(H,20,21)(H,22,23)/b19-10+. The van der Waals surface area contributed by atoms with Crippen LogP contribution >= 0.6 is 0 Å². The van der Waals surface area contributed by atoms with Gasteiger partial charge in [0.05, 0.1) is 11.9 Å². The van der Waals surface area contributed by atoms with Crippen molar-refractivity contribution in [2.24, 2.45) is 5.10 Å². The number of aromatic nitrogens is 2. The quantitative estimate of drug-likeness (QED) is 0.570. The molecular formula is C18H18N4O2. The van der Waals surface area contributed by atoms with Crippen LogP contribution in [0.2, 0.25) is 0 Å². The predicted octanol–water partition coefficient (Wildman–Crippen LogP) is 3.36. The number of H-pyrrole nitrogens is 1. The number of carbonyl (C=O) groups is 1. The van der Waals surface area contributed by atoms with Crippen molar-refractivity contribution < 1.29 is 9.21 Å². The number of aryl methyl sites for hydroxylation is 3. The topological polar surface area (TPSA) is 83.3 Å². The molecule has 0 spiro atoms. The molecule has 24 heavy (non-hydrogen) atoms. The third-order valence-electron chi connectivity index (χ3n) is 3.74. The zero-order valence-corrected chi connectivity index (χ0v) is 13.8. The number of hydrogen-bond acceptors (Lipinski definition) is 4. The van der Waals surface area contributed by atoms with Crippen LogP contribution in [-0.2, 0) is 0 Å². The van der Waals surface area contributed by atoms with Crippen molar-refractivity contribution in [3.05, 3.63) is 64.7 Å². The molecule has 0 radical (unpaired) electrons. The van der Waals surface area contributed by atoms with Gasteiger partial charge in [-0.1, -0.05) is 12.1 Å². The van der Waals surface area contributed by atoms with Crippen LogP contribution in [0.3, 0.4) is 0 Å². The lowest BCUT2D eigenvalue weighted by atomic mass is 10.0. The van der Waals surface area contributed by atoms with Crippen LogP contribution in [0.25, 0.3) is 11.3 Å². The molecule has 0 bridgehead atoms. The van der Waals surface area contributed by atoms with Crippen LogP contribution in [0, 0.1) is 20.8 Å². The Balaban J connectivity index is 1.69. The van der Waals surface area contributed by atoms with E-state index in [1.807, 2.05) is 38.1 Å². The number of furan rings is 1. The van der Waals surface area contributed by atoms with Crippen LogP contribution < -0.4 is 5.43 Å². The number of nitrogens with one attached hydrogen (secondary N) is 2. The van der Waals surface area contributed by atoms with E-state index in [-0.39, 0.29) is 5.91 Å². The Morgan fingerprint density at radius 2 is 2.00 bits per heavy atom. The summed E-state index contributed by atoms with van der Waals surface area (Å²) in [7, 11) is 0. The Bertz CT molecular complexity index is 905. The predicted molar refractivity (Wildman–Crippen MR) is 92.0 cm³/mol. The third-order valence-corrected chi connectivity index (χ3v) is 3.74. The van der Waals surface area contributed by atoms with Gasteiger partial charge in [0.15, 0.2) is 0 Å². The molecule has 1 aromatic carbocycles. The second-order valence-corrected chi connectivity index (χ2v) is 5.61. The fourth-order valence-electron chi connectivity index (χ4n) is 2.22. The number of rotatable bonds is 4. The van der Waals surface area contributed by atoms with Gasteiger partial charge < -0.3 is 4.42 Å². The molecule has 3 rings (SSSR count). The smallest absolute Gasteiger partial charge is 0.289 e. The highest BCUT2D eigenvalue weighted by Crippen LogP contribution is 2.20. The summed E-state index contributed by atoms with van der Waals surface area (Å²) in [5.74, 6) is 1.000. The molecule has 2 aromatic heterocycles. The van der Waals surface area contributed by atoms with Crippen molar-refractivity contribution in [3.63, 3.8) is 0 Å². The minimum absolute atomic E-state index is 0.344. The second kappa shape index (κ2) is 6.54. The molecule has 2 heterocycles. The summed E-state index contributed by atoms with van der Waals surface area (Å²) in [6.07, 6.45) is 1.45. The molecule has 6 heteroatoms. The summed E-state index contributed by atoms with van der Waals surface area (Å²) < 4.78 is 5.33. The van der Waals surface area contributed by atoms with Gasteiger partial charge in [0.25, 0.3) is 5.91 Å². The molecule has 0 fully saturated rings. The van der Waals surface area contributed by atoms with E-state index in [2.05, 4.69) is 27.6 Å². The van der Waals surface area contributed by atoms with Crippen molar-refractivity contribution in [2.75, 3.05) is 0 Å². The van der Waals surface area contributed by atoms with Crippen LogP contribution in [-0.4, -0.2) is 22.3 Å². The molecule has 2 N–H and O–H groups in total. The molecule has 0 aliphatic heterocycles. The Kier molecular flexibility index (Phi) is 4.29. The Labute approximate surface area is 139 Å². The first-order valence-corrected chi connectivity index (χ1v) is 7.56. The van der Waals surface area contributed by atoms with E-state index in [0.29, 0.717) is 17.1 Å². The zero-order chi connectivity index (χ0) is 17.1. The Morgan fingerprint density at radius 3 is 2.71 bits per heavy atom. The van der Waals surface area contributed by atoms with Crippen LogP contribution in [0.5, 0.6) is 0 Å². The van der Waals surface area contributed by atoms with Gasteiger partial charge in [-0.05, 0) is 56.2 Å². The van der Waals surface area contributed by atoms with E-state index in [1.54, 1.807) is 12.1 Å². The van der Waals surface area contributed by atoms with Gasteiger partial charge in [-0.3, -0.25) is 9.89 Å². The number of hydrogen-bond donors (Lipinski definition) is 2. The maximum Gasteiger partial charge on any atom is 0.289 e. The fraction of sp³-hybridized carbons (Fsp3) is 0.167. The molecule has 3 aromatic rings. The molecule has 0 unspecified atom stereocenters. The Morgan fingerprint density at radius 1 is 1.17 bits per heavy atom. The molecule has 6 nitrogen and oxygen atoms in total. The highest BCUT2D eigenvalue weighted by Gasteiger charge is 2.11. The first-order chi connectivity index (χ1) is 11.5. The largest absolute Gasteiger partial charge is 0.460 e. The van der Waals surface area contributed by atoms with E-state index in [0.717, 1.165) is 11.3 Å². The monoisotopic (exact) mass is 322 g/mol. The van der Waals surface area contributed by atoms with Gasteiger partial charge in [-0.15, -0.1) is 0 Å². The lowest BCUT2D eigenvalue weighted by molar-refractivity contribution is 0.0950. The first-order valence-electron chi connectivity index (χ1n) is 7.56. The highest BCUT2D eigenvalue weighted by molar-refractivity contribution is 5.93. The summed E-state index contributed by atoms with van der Waals surface area (Å²) in [6.45, 7) is 5.94. The highest BCUT2D eigenvalue weighted by atomic mass is 16.3. The normalized spacial score (nSPS) is 11.1. The molecule has 0 aliphatic rings. The van der Waals surface area contributed by atoms with Gasteiger partial charge >= 0.3 is 0 Å². The van der Waals surface area contributed by atoms with E-state index < -0.39 is 0 Å². The zero-order valence-electron chi connectivity index (χ0n) is 13.8. The number of hydrazone groups is 1. The summed E-state index contributed by atoms with van der Waals surface area (Å²) in [5, 5.41) is 10.8. The van der Waals surface area contributed by atoms with Gasteiger partial charge in [0.1, 0.15) is 17.2 Å². The molecule has 0 aliphatic carbocycles. The van der Waals surface area contributed by atoms with Gasteiger partial charge in [-0.25, -0.2) is 5.43 Å². The lowest BCUT2D eigenvalue weighted by Gasteiger charge is -2.01. The van der Waals surface area contributed by atoms with Gasteiger partial charge in [0, 0.05) is 5.56 Å². The Hall–Kier alpha value is -3.15. The maximum atomic E-state index is 12.1. The van der Waals surface area contributed by atoms with Crippen LogP contribution in [0.1, 0.15) is 33.1 Å². The van der Waals surface area contributed by atoms with Crippen molar-refractivity contribution >= 4 is 12.1 Å². The second-order valence-electron chi connectivity index (χ2n) is 5.61. The molecule has 1 amide bonds. The molecule has 122 valence electrons. The SMILES string of the molecule is Cc1ccc(/C=N/NC(=O)c2cc(-c3ccc(C)c(C)c3)n[nH]2)o1. The van der Waals surface area contributed by atoms with E-state index >= 15 is 0 Å². The van der Waals surface area contributed by atoms with E-state index in [1.165, 1.54) is 17.3 Å². The lowest BCUT2D eigenvalue weighted by Crippen LogP contribution is -2.17. The minimum atomic E-state index is -0.364. The van der Waals surface area contributed by atoms with Crippen molar-refractivity contribution in [1.82, 2.24) is 15.6 Å². The summed E-state index contributed by atoms with van der Waals surface area (Å²) in [4.78, 5) is 12.1. The van der Waals surface area contributed by atoms with Crippen molar-refractivity contribution in [1.29, 1.82) is 0 Å². The average molecular weight is 322 g/mol. The summed E-state index contributed by atoms with van der Waals surface area (Å²) in [5.41, 5.74) is 6.86. The first kappa shape index (κ1) is 15.7. The molecule has 0 saturated carbocycles. The molecule has 0 atom stereocenters. The molecular weight excluding hydrogens is 304 g/mol. The van der Waals surface area contributed by atoms with E-state index in [4.69, 9.17) is 4.42 Å². The molecule has 0 saturated heterocycles. The maximum absolute atomic E-state index is 12.1. The van der Waals surface area contributed by atoms with Crippen LogP contribution in [0.15, 0.2) is 45.9 Å². The van der Waals surface area contributed by atoms with Crippen LogP contribution in [0.4, 0.5) is 0 Å². The summed E-state index contributed by atoms with van der Waals surface area (Å²) in [6, 6.07) is 11.4. The van der Waals surface area contributed by atoms with Crippen molar-refractivity contribution in [2.45, 2.75) is 20.8 Å². The van der Waals surface area contributed by atoms with E-state index in [9.17, 15) is 4.79 Å². The minimum Gasteiger partial charge on any atom is -0.460 e. The number of aromatic amines is 1. The van der Waals surface area contributed by atoms with Gasteiger partial charge in [-0.2, -0.15) is 10.2 Å².